The van der Waals surface area contributed by atoms with Gasteiger partial charge in [-0.1, -0.05) is 13.0 Å². The first-order valence-electron chi connectivity index (χ1n) is 12.1. The molecule has 0 N–H and O–H groups in total. The van der Waals surface area contributed by atoms with Gasteiger partial charge in [0.2, 0.25) is 0 Å². The van der Waals surface area contributed by atoms with Crippen LogP contribution in [0.1, 0.15) is 56.1 Å². The maximum absolute atomic E-state index is 13.9. The zero-order chi connectivity index (χ0) is 23.9. The van der Waals surface area contributed by atoms with Gasteiger partial charge in [0.05, 0.1) is 40.3 Å². The molecule has 5 nitrogen and oxygen atoms in total. The first-order valence-corrected chi connectivity index (χ1v) is 12.1. The molecule has 0 aromatic carbocycles. The van der Waals surface area contributed by atoms with E-state index in [4.69, 9.17) is 14.7 Å². The molecular weight excluding hydrogens is 427 g/mol. The Bertz CT molecular complexity index is 1300. The van der Waals surface area contributed by atoms with Crippen LogP contribution in [-0.2, 0) is 16.6 Å². The molecule has 1 fully saturated rings. The number of rotatable bonds is 4. The van der Waals surface area contributed by atoms with E-state index in [9.17, 15) is 4.39 Å². The fourth-order valence-electron chi connectivity index (χ4n) is 5.45. The van der Waals surface area contributed by atoms with Gasteiger partial charge in [0.25, 0.3) is 0 Å². The largest absolute Gasteiger partial charge is 0.381 e. The van der Waals surface area contributed by atoms with Crippen LogP contribution in [0.2, 0.25) is 0 Å². The summed E-state index contributed by atoms with van der Waals surface area (Å²) in [6.45, 7) is 9.98. The lowest BCUT2D eigenvalue weighted by Crippen LogP contribution is -2.38. The minimum Gasteiger partial charge on any atom is -0.381 e. The van der Waals surface area contributed by atoms with E-state index in [2.05, 4.69) is 29.8 Å². The Morgan fingerprint density at radius 2 is 2.06 bits per heavy atom. The summed E-state index contributed by atoms with van der Waals surface area (Å²) in [4.78, 5) is 16.7. The molecule has 2 aliphatic rings. The van der Waals surface area contributed by atoms with Crippen molar-refractivity contribution in [3.8, 4) is 0 Å². The van der Waals surface area contributed by atoms with Crippen LogP contribution in [0.15, 0.2) is 48.7 Å². The fraction of sp³-hybridized carbons (Fsp3) is 0.393. The molecule has 1 saturated heterocycles. The van der Waals surface area contributed by atoms with Crippen LogP contribution >= 0.6 is 0 Å². The van der Waals surface area contributed by atoms with Gasteiger partial charge in [-0.15, -0.1) is 0 Å². The second-order valence-corrected chi connectivity index (χ2v) is 9.35. The lowest BCUT2D eigenvalue weighted by Gasteiger charge is -2.34. The molecule has 0 unspecified atom stereocenters. The Morgan fingerprint density at radius 3 is 2.76 bits per heavy atom. The highest BCUT2D eigenvalue weighted by Crippen LogP contribution is 2.51. The molecule has 0 saturated carbocycles. The number of hydrogen-bond acceptors (Lipinski definition) is 5. The van der Waals surface area contributed by atoms with Gasteiger partial charge in [-0.2, -0.15) is 0 Å². The zero-order valence-electron chi connectivity index (χ0n) is 20.4. The summed E-state index contributed by atoms with van der Waals surface area (Å²) in [6, 6.07) is 4.33. The maximum Gasteiger partial charge on any atom is 0.0975 e. The molecule has 5 rings (SSSR count). The molecule has 1 spiro atoms. The number of hydrogen-bond donors (Lipinski definition) is 0. The Morgan fingerprint density at radius 1 is 1.26 bits per heavy atom. The van der Waals surface area contributed by atoms with Crippen molar-refractivity contribution in [2.75, 3.05) is 24.7 Å². The van der Waals surface area contributed by atoms with E-state index in [1.165, 1.54) is 23.9 Å². The van der Waals surface area contributed by atoms with Crippen LogP contribution in [0.4, 0.5) is 15.8 Å². The van der Waals surface area contributed by atoms with Crippen molar-refractivity contribution in [2.45, 2.75) is 52.4 Å². The molecule has 3 aromatic heterocycles. The third-order valence-electron chi connectivity index (χ3n) is 7.24. The third-order valence-corrected chi connectivity index (χ3v) is 7.24. The molecule has 0 aliphatic carbocycles. The average molecular weight is 459 g/mol. The first kappa shape index (κ1) is 22.7. The lowest BCUT2D eigenvalue weighted by atomic mass is 9.78. The quantitative estimate of drug-likeness (QED) is 0.425. The van der Waals surface area contributed by atoms with Crippen molar-refractivity contribution in [1.82, 2.24) is 15.0 Å². The minimum atomic E-state index is -0.244. The molecule has 0 amide bonds. The summed E-state index contributed by atoms with van der Waals surface area (Å²) < 4.78 is 19.7. The Kier molecular flexibility index (Phi) is 5.94. The van der Waals surface area contributed by atoms with Crippen LogP contribution in [0.5, 0.6) is 0 Å². The second kappa shape index (κ2) is 8.91. The standard InChI is InChI=1S/C28H31FN4O/c1-5-20-14-24-27(31-15-20)28(8-11-34-12-9-28)17-33(24)26-19(4)25(21(6-2)13-18(3)29)32-23-16-30-10-7-22(23)26/h6-7,10,13-16H,5,8-9,11-12,17H2,1-4H3. The Balaban J connectivity index is 1.78. The number of allylic oxidation sites excluding steroid dienone is 4. The van der Waals surface area contributed by atoms with Gasteiger partial charge >= 0.3 is 0 Å². The maximum atomic E-state index is 13.9. The second-order valence-electron chi connectivity index (χ2n) is 9.35. The molecule has 2 aliphatic heterocycles. The first-order chi connectivity index (χ1) is 16.5. The zero-order valence-corrected chi connectivity index (χ0v) is 20.4. The highest BCUT2D eigenvalue weighted by Gasteiger charge is 2.46. The third kappa shape index (κ3) is 3.70. The van der Waals surface area contributed by atoms with Crippen molar-refractivity contribution >= 4 is 27.9 Å². The molecule has 3 aromatic rings. The summed E-state index contributed by atoms with van der Waals surface area (Å²) in [6.07, 6.45) is 11.9. The van der Waals surface area contributed by atoms with Gasteiger partial charge in [-0.25, -0.2) is 9.37 Å². The van der Waals surface area contributed by atoms with Crippen LogP contribution in [0, 0.1) is 6.92 Å². The van der Waals surface area contributed by atoms with Crippen molar-refractivity contribution in [3.63, 3.8) is 0 Å². The Hall–Kier alpha value is -3.12. The number of nitrogens with zero attached hydrogens (tertiary/aromatic N) is 4. The minimum absolute atomic E-state index is 0.0338. The number of pyridine rings is 3. The topological polar surface area (TPSA) is 51.1 Å². The molecule has 5 heterocycles. The number of ether oxygens (including phenoxy) is 1. The van der Waals surface area contributed by atoms with Crippen molar-refractivity contribution in [2.24, 2.45) is 0 Å². The molecule has 34 heavy (non-hydrogen) atoms. The predicted octanol–water partition coefficient (Wildman–Crippen LogP) is 6.37. The number of aromatic nitrogens is 3. The highest BCUT2D eigenvalue weighted by molar-refractivity contribution is 5.99. The summed E-state index contributed by atoms with van der Waals surface area (Å²) in [5, 5.41) is 1.05. The number of aryl methyl sites for hydroxylation is 1. The molecule has 6 heteroatoms. The van der Waals surface area contributed by atoms with Gasteiger partial charge in [-0.05, 0) is 74.9 Å². The van der Waals surface area contributed by atoms with Crippen LogP contribution in [-0.4, -0.2) is 34.7 Å². The van der Waals surface area contributed by atoms with E-state index in [1.807, 2.05) is 31.5 Å². The van der Waals surface area contributed by atoms with E-state index >= 15 is 0 Å². The molecule has 0 radical (unpaired) electrons. The van der Waals surface area contributed by atoms with E-state index in [0.717, 1.165) is 72.4 Å². The van der Waals surface area contributed by atoms with E-state index in [0.29, 0.717) is 0 Å². The van der Waals surface area contributed by atoms with E-state index < -0.39 is 0 Å². The SMILES string of the molecule is CC=C(C=C(C)F)c1nc2cnccc2c(N2CC3(CCOCC3)c3ncc(CC)cc32)c1C. The van der Waals surface area contributed by atoms with Crippen molar-refractivity contribution in [1.29, 1.82) is 0 Å². The predicted molar refractivity (Wildman–Crippen MR) is 135 cm³/mol. The van der Waals surface area contributed by atoms with Crippen molar-refractivity contribution in [3.05, 3.63) is 71.2 Å². The van der Waals surface area contributed by atoms with Crippen molar-refractivity contribution < 1.29 is 9.13 Å². The fourth-order valence-corrected chi connectivity index (χ4v) is 5.45. The summed E-state index contributed by atoms with van der Waals surface area (Å²) in [7, 11) is 0. The summed E-state index contributed by atoms with van der Waals surface area (Å²) in [5.74, 6) is -0.244. The van der Waals surface area contributed by atoms with Gasteiger partial charge in [0.1, 0.15) is 0 Å². The van der Waals surface area contributed by atoms with E-state index in [1.54, 1.807) is 12.3 Å². The number of fused-ring (bicyclic) bond motifs is 3. The summed E-state index contributed by atoms with van der Waals surface area (Å²) in [5.41, 5.74) is 8.00. The van der Waals surface area contributed by atoms with Gasteiger partial charge in [0, 0.05) is 43.0 Å². The molecule has 176 valence electrons. The van der Waals surface area contributed by atoms with Crippen LogP contribution in [0.3, 0.4) is 0 Å². The summed E-state index contributed by atoms with van der Waals surface area (Å²) >= 11 is 0. The van der Waals surface area contributed by atoms with Crippen LogP contribution in [0.25, 0.3) is 16.5 Å². The van der Waals surface area contributed by atoms with Gasteiger partial charge in [0.15, 0.2) is 0 Å². The number of anilines is 2. The monoisotopic (exact) mass is 458 g/mol. The molecule has 0 atom stereocenters. The normalized spacial score (nSPS) is 18.1. The smallest absolute Gasteiger partial charge is 0.0975 e. The molecular formula is C28H31FN4O. The lowest BCUT2D eigenvalue weighted by molar-refractivity contribution is 0.0545. The van der Waals surface area contributed by atoms with Gasteiger partial charge < -0.3 is 9.64 Å². The Labute approximate surface area is 200 Å². The average Bonchev–Trinajstić information content (AvgIpc) is 3.15. The van der Waals surface area contributed by atoms with E-state index in [-0.39, 0.29) is 11.2 Å². The number of halogens is 1. The van der Waals surface area contributed by atoms with Gasteiger partial charge in [-0.3, -0.25) is 9.97 Å². The highest BCUT2D eigenvalue weighted by atomic mass is 19.1. The van der Waals surface area contributed by atoms with Crippen LogP contribution < -0.4 is 4.90 Å². The molecule has 0 bridgehead atoms.